The third kappa shape index (κ3) is 9.46. The third-order valence-electron chi connectivity index (χ3n) is 1.74. The van der Waals surface area contributed by atoms with Crippen LogP contribution in [0.1, 0.15) is 26.7 Å². The average Bonchev–Trinajstić information content (AvgIpc) is 1.95. The van der Waals surface area contributed by atoms with Gasteiger partial charge in [0.2, 0.25) is 0 Å². The minimum atomic E-state index is -4.33. The van der Waals surface area contributed by atoms with Crippen molar-refractivity contribution >= 4 is 12.0 Å². The second-order valence-electron chi connectivity index (χ2n) is 4.20. The van der Waals surface area contributed by atoms with Crippen LogP contribution in [-0.2, 0) is 4.79 Å². The number of nitrogens with one attached hydrogen (secondary N) is 2. The van der Waals surface area contributed by atoms with Gasteiger partial charge >= 0.3 is 18.2 Å². The van der Waals surface area contributed by atoms with Gasteiger partial charge in [-0.1, -0.05) is 0 Å². The van der Waals surface area contributed by atoms with Crippen molar-refractivity contribution < 1.29 is 27.9 Å². The molecule has 8 heteroatoms. The highest BCUT2D eigenvalue weighted by Gasteiger charge is 2.27. The van der Waals surface area contributed by atoms with Gasteiger partial charge in [-0.2, -0.15) is 13.2 Å². The third-order valence-corrected chi connectivity index (χ3v) is 1.74. The fourth-order valence-corrected chi connectivity index (χ4v) is 1.09. The van der Waals surface area contributed by atoms with E-state index in [4.69, 9.17) is 5.11 Å². The van der Waals surface area contributed by atoms with Crippen LogP contribution >= 0.6 is 0 Å². The molecule has 0 atom stereocenters. The molecule has 0 spiro atoms. The predicted octanol–water partition coefficient (Wildman–Crippen LogP) is 1.49. The number of aliphatic carboxylic acids is 1. The van der Waals surface area contributed by atoms with Crippen LogP contribution in [0.25, 0.3) is 0 Å². The molecule has 5 nitrogen and oxygen atoms in total. The maximum absolute atomic E-state index is 11.8. The molecule has 0 aromatic rings. The van der Waals surface area contributed by atoms with Crippen LogP contribution in [0.2, 0.25) is 0 Å². The van der Waals surface area contributed by atoms with Crippen LogP contribution < -0.4 is 10.6 Å². The topological polar surface area (TPSA) is 78.4 Å². The zero-order valence-corrected chi connectivity index (χ0v) is 9.52. The molecule has 0 rings (SSSR count). The Morgan fingerprint density at radius 3 is 2.18 bits per heavy atom. The van der Waals surface area contributed by atoms with Crippen molar-refractivity contribution in [1.29, 1.82) is 0 Å². The molecule has 3 N–H and O–H groups in total. The van der Waals surface area contributed by atoms with Crippen molar-refractivity contribution in [3.63, 3.8) is 0 Å². The van der Waals surface area contributed by atoms with Gasteiger partial charge in [0.05, 0.1) is 12.8 Å². The van der Waals surface area contributed by atoms with E-state index < -0.39 is 36.7 Å². The number of carboxylic acid groups (broad SMARTS) is 1. The number of urea groups is 1. The Hall–Kier alpha value is -1.47. The van der Waals surface area contributed by atoms with E-state index in [9.17, 15) is 22.8 Å². The number of carboxylic acids is 1. The number of halogens is 3. The second-order valence-corrected chi connectivity index (χ2v) is 4.20. The van der Waals surface area contributed by atoms with Gasteiger partial charge < -0.3 is 15.7 Å². The van der Waals surface area contributed by atoms with Crippen LogP contribution in [-0.4, -0.2) is 35.4 Å². The minimum Gasteiger partial charge on any atom is -0.481 e. The first-order valence-corrected chi connectivity index (χ1v) is 4.86. The molecule has 0 radical (unpaired) electrons. The lowest BCUT2D eigenvalue weighted by Gasteiger charge is -2.24. The van der Waals surface area contributed by atoms with Gasteiger partial charge in [-0.3, -0.25) is 4.79 Å². The maximum atomic E-state index is 11.8. The normalized spacial score (nSPS) is 12.1. The van der Waals surface area contributed by atoms with Crippen molar-refractivity contribution in [1.82, 2.24) is 10.6 Å². The van der Waals surface area contributed by atoms with Crippen molar-refractivity contribution in [2.45, 2.75) is 38.4 Å². The van der Waals surface area contributed by atoms with Gasteiger partial charge in [-0.15, -0.1) is 0 Å². The maximum Gasteiger partial charge on any atom is 0.390 e. The number of amides is 2. The molecule has 0 aliphatic heterocycles. The van der Waals surface area contributed by atoms with E-state index in [0.29, 0.717) is 0 Å². The molecule has 0 saturated heterocycles. The SMILES string of the molecule is CC(C)(CC(=O)O)NC(=O)NCCC(F)(F)F. The summed E-state index contributed by atoms with van der Waals surface area (Å²) in [6, 6.07) is -0.819. The van der Waals surface area contributed by atoms with E-state index in [-0.39, 0.29) is 6.42 Å². The van der Waals surface area contributed by atoms with Gasteiger partial charge in [0, 0.05) is 12.1 Å². The predicted molar refractivity (Wildman–Crippen MR) is 53.5 cm³/mol. The molecule has 2 amide bonds. The van der Waals surface area contributed by atoms with Crippen LogP contribution in [0.5, 0.6) is 0 Å². The summed E-state index contributed by atoms with van der Waals surface area (Å²) in [6.45, 7) is 2.38. The lowest BCUT2D eigenvalue weighted by atomic mass is 10.0. The molecule has 17 heavy (non-hydrogen) atoms. The van der Waals surface area contributed by atoms with Gasteiger partial charge in [0.15, 0.2) is 0 Å². The van der Waals surface area contributed by atoms with Gasteiger partial charge in [-0.05, 0) is 13.8 Å². The van der Waals surface area contributed by atoms with E-state index in [1.165, 1.54) is 13.8 Å². The van der Waals surface area contributed by atoms with E-state index >= 15 is 0 Å². The fourth-order valence-electron chi connectivity index (χ4n) is 1.09. The molecular formula is C9H15F3N2O3. The largest absolute Gasteiger partial charge is 0.481 e. The van der Waals surface area contributed by atoms with Gasteiger partial charge in [0.1, 0.15) is 0 Å². The molecule has 0 aliphatic rings. The molecule has 0 unspecified atom stereocenters. The molecule has 0 aromatic carbocycles. The van der Waals surface area contributed by atoms with Crippen LogP contribution in [0, 0.1) is 0 Å². The zero-order valence-electron chi connectivity index (χ0n) is 9.52. The smallest absolute Gasteiger partial charge is 0.390 e. The van der Waals surface area contributed by atoms with Crippen LogP contribution in [0.15, 0.2) is 0 Å². The number of alkyl halides is 3. The molecular weight excluding hydrogens is 241 g/mol. The number of rotatable bonds is 5. The first kappa shape index (κ1) is 15.5. The summed E-state index contributed by atoms with van der Waals surface area (Å²) in [6.07, 6.45) is -5.77. The molecule has 0 saturated carbocycles. The van der Waals surface area contributed by atoms with Crippen LogP contribution in [0.3, 0.4) is 0 Å². The van der Waals surface area contributed by atoms with Gasteiger partial charge in [-0.25, -0.2) is 4.79 Å². The molecule has 0 aromatic heterocycles. The Kier molecular flexibility index (Phi) is 5.24. The van der Waals surface area contributed by atoms with Crippen molar-refractivity contribution in [3.05, 3.63) is 0 Å². The molecule has 0 fully saturated rings. The molecule has 100 valence electrons. The van der Waals surface area contributed by atoms with Crippen molar-refractivity contribution in [2.24, 2.45) is 0 Å². The summed E-state index contributed by atoms with van der Waals surface area (Å²) >= 11 is 0. The van der Waals surface area contributed by atoms with E-state index in [1.54, 1.807) is 0 Å². The highest BCUT2D eigenvalue weighted by Crippen LogP contribution is 2.18. The minimum absolute atomic E-state index is 0.320. The number of hydrogen-bond donors (Lipinski definition) is 3. The summed E-state index contributed by atoms with van der Waals surface area (Å²) in [7, 11) is 0. The van der Waals surface area contributed by atoms with Crippen LogP contribution in [0.4, 0.5) is 18.0 Å². The summed E-state index contributed by atoms with van der Waals surface area (Å²) in [5, 5.41) is 12.8. The standard InChI is InChI=1S/C9H15F3N2O3/c1-8(2,5-6(15)16)14-7(17)13-4-3-9(10,11)12/h3-5H2,1-2H3,(H,15,16)(H2,13,14,17). The summed E-state index contributed by atoms with van der Waals surface area (Å²) in [4.78, 5) is 21.6. The number of carbonyl (C=O) groups excluding carboxylic acids is 1. The lowest BCUT2D eigenvalue weighted by molar-refractivity contribution is -0.138. The lowest BCUT2D eigenvalue weighted by Crippen LogP contribution is -2.49. The Morgan fingerprint density at radius 2 is 1.76 bits per heavy atom. The molecule has 0 aliphatic carbocycles. The highest BCUT2D eigenvalue weighted by atomic mass is 19.4. The highest BCUT2D eigenvalue weighted by molar-refractivity contribution is 5.76. The molecule has 0 heterocycles. The Bertz CT molecular complexity index is 290. The number of carbonyl (C=O) groups is 2. The monoisotopic (exact) mass is 256 g/mol. The van der Waals surface area contributed by atoms with Gasteiger partial charge in [0.25, 0.3) is 0 Å². The first-order chi connectivity index (χ1) is 7.52. The summed E-state index contributed by atoms with van der Waals surface area (Å²) < 4.78 is 35.3. The second kappa shape index (κ2) is 5.74. The number of hydrogen-bond acceptors (Lipinski definition) is 2. The summed E-state index contributed by atoms with van der Waals surface area (Å²) in [5.74, 6) is -1.11. The van der Waals surface area contributed by atoms with Crippen molar-refractivity contribution in [3.8, 4) is 0 Å². The fraction of sp³-hybridized carbons (Fsp3) is 0.778. The Morgan fingerprint density at radius 1 is 1.24 bits per heavy atom. The zero-order chi connectivity index (χ0) is 13.7. The van der Waals surface area contributed by atoms with E-state index in [0.717, 1.165) is 0 Å². The Labute approximate surface area is 96.4 Å². The molecule has 0 bridgehead atoms. The Balaban J connectivity index is 3.97. The quantitative estimate of drug-likeness (QED) is 0.697. The van der Waals surface area contributed by atoms with E-state index in [2.05, 4.69) is 5.32 Å². The summed E-state index contributed by atoms with van der Waals surface area (Å²) in [5.41, 5.74) is -1.02. The average molecular weight is 256 g/mol. The van der Waals surface area contributed by atoms with Crippen molar-refractivity contribution in [2.75, 3.05) is 6.54 Å². The van der Waals surface area contributed by atoms with E-state index in [1.807, 2.05) is 5.32 Å². The first-order valence-electron chi connectivity index (χ1n) is 4.86.